The summed E-state index contributed by atoms with van der Waals surface area (Å²) in [6.07, 6.45) is 6.76. The van der Waals surface area contributed by atoms with Crippen LogP contribution in [0.3, 0.4) is 0 Å². The number of ether oxygens (including phenoxy) is 1. The summed E-state index contributed by atoms with van der Waals surface area (Å²) in [5.41, 5.74) is 1.99. The summed E-state index contributed by atoms with van der Waals surface area (Å²) in [4.78, 5) is 13.4. The Kier molecular flexibility index (Phi) is 7.49. The molecule has 0 spiro atoms. The molecular formula is C22H33N5O2. The van der Waals surface area contributed by atoms with Gasteiger partial charge in [0.15, 0.2) is 5.96 Å². The molecule has 3 rings (SSSR count). The van der Waals surface area contributed by atoms with E-state index in [1.165, 1.54) is 12.8 Å². The van der Waals surface area contributed by atoms with E-state index in [1.807, 2.05) is 32.9 Å². The summed E-state index contributed by atoms with van der Waals surface area (Å²) in [5.74, 6) is 3.74. The van der Waals surface area contributed by atoms with Crippen LogP contribution in [0.1, 0.15) is 62.4 Å². The number of aliphatic imine (C=N–C) groups is 1. The highest BCUT2D eigenvalue weighted by molar-refractivity contribution is 5.79. The molecule has 158 valence electrons. The first-order valence-electron chi connectivity index (χ1n) is 10.6. The van der Waals surface area contributed by atoms with Crippen molar-refractivity contribution in [3.8, 4) is 5.88 Å². The van der Waals surface area contributed by atoms with E-state index in [9.17, 15) is 0 Å². The van der Waals surface area contributed by atoms with Crippen molar-refractivity contribution >= 4 is 5.96 Å². The third-order valence-corrected chi connectivity index (χ3v) is 5.29. The van der Waals surface area contributed by atoms with Crippen molar-refractivity contribution in [2.75, 3.05) is 6.54 Å². The van der Waals surface area contributed by atoms with E-state index in [0.717, 1.165) is 48.3 Å². The number of aromatic nitrogens is 2. The van der Waals surface area contributed by atoms with Gasteiger partial charge in [0.25, 0.3) is 0 Å². The predicted octanol–water partition coefficient (Wildman–Crippen LogP) is 3.90. The van der Waals surface area contributed by atoms with Gasteiger partial charge in [-0.2, -0.15) is 0 Å². The van der Waals surface area contributed by atoms with Gasteiger partial charge in [0, 0.05) is 18.8 Å². The number of pyridine rings is 1. The SMILES string of the molecule is CCNC(=NCc1ccnc(OC2CCC(C)CC2)c1)NCc1nc(C)c(C)o1. The van der Waals surface area contributed by atoms with Gasteiger partial charge in [0.2, 0.25) is 11.8 Å². The van der Waals surface area contributed by atoms with Gasteiger partial charge in [0.05, 0.1) is 18.8 Å². The second-order valence-corrected chi connectivity index (χ2v) is 7.80. The molecule has 2 aromatic rings. The minimum Gasteiger partial charge on any atom is -0.474 e. The Labute approximate surface area is 173 Å². The summed E-state index contributed by atoms with van der Waals surface area (Å²) in [6.45, 7) is 10.0. The highest BCUT2D eigenvalue weighted by Crippen LogP contribution is 2.26. The highest BCUT2D eigenvalue weighted by Gasteiger charge is 2.19. The molecule has 0 unspecified atom stereocenters. The van der Waals surface area contributed by atoms with Gasteiger partial charge in [-0.05, 0) is 64.0 Å². The molecule has 1 saturated carbocycles. The zero-order valence-corrected chi connectivity index (χ0v) is 18.0. The summed E-state index contributed by atoms with van der Waals surface area (Å²) in [6, 6.07) is 3.97. The topological polar surface area (TPSA) is 84.6 Å². The second-order valence-electron chi connectivity index (χ2n) is 7.80. The first-order chi connectivity index (χ1) is 14.0. The third kappa shape index (κ3) is 6.48. The maximum Gasteiger partial charge on any atom is 0.214 e. The van der Waals surface area contributed by atoms with Gasteiger partial charge < -0.3 is 19.8 Å². The normalized spacial score (nSPS) is 19.8. The fraction of sp³-hybridized carbons (Fsp3) is 0.591. The molecule has 0 aromatic carbocycles. The number of nitrogens with zero attached hydrogens (tertiary/aromatic N) is 3. The van der Waals surface area contributed by atoms with Crippen LogP contribution in [0.4, 0.5) is 0 Å². The van der Waals surface area contributed by atoms with E-state index in [0.29, 0.717) is 24.9 Å². The van der Waals surface area contributed by atoms with E-state index >= 15 is 0 Å². The average molecular weight is 400 g/mol. The number of aryl methyl sites for hydroxylation is 2. The molecule has 7 heteroatoms. The van der Waals surface area contributed by atoms with Crippen LogP contribution in [-0.4, -0.2) is 28.6 Å². The lowest BCUT2D eigenvalue weighted by atomic mass is 9.89. The minimum absolute atomic E-state index is 0.282. The van der Waals surface area contributed by atoms with Crippen LogP contribution in [0.15, 0.2) is 27.7 Å². The maximum absolute atomic E-state index is 6.11. The maximum atomic E-state index is 6.11. The molecule has 1 aliphatic rings. The Bertz CT molecular complexity index is 790. The summed E-state index contributed by atoms with van der Waals surface area (Å²) in [5, 5.41) is 6.52. The Morgan fingerprint density at radius 2 is 2.03 bits per heavy atom. The number of rotatable bonds is 7. The highest BCUT2D eigenvalue weighted by atomic mass is 16.5. The van der Waals surface area contributed by atoms with Crippen molar-refractivity contribution in [3.05, 3.63) is 41.2 Å². The molecule has 0 bridgehead atoms. The van der Waals surface area contributed by atoms with Crippen LogP contribution in [-0.2, 0) is 13.1 Å². The first kappa shape index (κ1) is 21.1. The van der Waals surface area contributed by atoms with Crippen molar-refractivity contribution in [1.29, 1.82) is 0 Å². The van der Waals surface area contributed by atoms with E-state index < -0.39 is 0 Å². The zero-order chi connectivity index (χ0) is 20.6. The molecule has 0 aliphatic heterocycles. The molecule has 1 aliphatic carbocycles. The van der Waals surface area contributed by atoms with Crippen LogP contribution >= 0.6 is 0 Å². The number of nitrogens with one attached hydrogen (secondary N) is 2. The van der Waals surface area contributed by atoms with Gasteiger partial charge in [-0.1, -0.05) is 6.92 Å². The van der Waals surface area contributed by atoms with Gasteiger partial charge in [-0.15, -0.1) is 0 Å². The molecule has 0 saturated heterocycles. The summed E-state index contributed by atoms with van der Waals surface area (Å²) in [7, 11) is 0. The van der Waals surface area contributed by atoms with Crippen LogP contribution in [0.5, 0.6) is 5.88 Å². The number of hydrogen-bond acceptors (Lipinski definition) is 5. The van der Waals surface area contributed by atoms with Crippen LogP contribution in [0.25, 0.3) is 0 Å². The lowest BCUT2D eigenvalue weighted by Crippen LogP contribution is -2.36. The summed E-state index contributed by atoms with van der Waals surface area (Å²) >= 11 is 0. The van der Waals surface area contributed by atoms with Crippen LogP contribution in [0.2, 0.25) is 0 Å². The van der Waals surface area contributed by atoms with Gasteiger partial charge >= 0.3 is 0 Å². The first-order valence-corrected chi connectivity index (χ1v) is 10.6. The van der Waals surface area contributed by atoms with Crippen molar-refractivity contribution in [1.82, 2.24) is 20.6 Å². The second kappa shape index (κ2) is 10.3. The molecule has 0 atom stereocenters. The van der Waals surface area contributed by atoms with Gasteiger partial charge in [-0.3, -0.25) is 0 Å². The fourth-order valence-corrected chi connectivity index (χ4v) is 3.42. The lowest BCUT2D eigenvalue weighted by molar-refractivity contribution is 0.130. The quantitative estimate of drug-likeness (QED) is 0.543. The number of hydrogen-bond donors (Lipinski definition) is 2. The zero-order valence-electron chi connectivity index (χ0n) is 18.0. The van der Waals surface area contributed by atoms with E-state index in [4.69, 9.17) is 9.15 Å². The van der Waals surface area contributed by atoms with Crippen molar-refractivity contribution in [2.24, 2.45) is 10.9 Å². The minimum atomic E-state index is 0.282. The van der Waals surface area contributed by atoms with Crippen LogP contribution in [0, 0.1) is 19.8 Å². The van der Waals surface area contributed by atoms with Gasteiger partial charge in [-0.25, -0.2) is 15.0 Å². The largest absolute Gasteiger partial charge is 0.474 e. The van der Waals surface area contributed by atoms with Crippen molar-refractivity contribution < 1.29 is 9.15 Å². The third-order valence-electron chi connectivity index (χ3n) is 5.29. The Morgan fingerprint density at radius 3 is 2.72 bits per heavy atom. The van der Waals surface area contributed by atoms with Crippen LogP contribution < -0.4 is 15.4 Å². The summed E-state index contributed by atoms with van der Waals surface area (Å²) < 4.78 is 11.7. The number of guanidine groups is 1. The standard InChI is InChI=1S/C22H33N5O2/c1-5-23-22(26-14-21-27-16(3)17(4)28-21)25-13-18-10-11-24-20(12-18)29-19-8-6-15(2)7-9-19/h10-12,15,19H,5-9,13-14H2,1-4H3,(H2,23,25,26). The molecule has 2 heterocycles. The smallest absolute Gasteiger partial charge is 0.214 e. The molecule has 2 aromatic heterocycles. The molecule has 29 heavy (non-hydrogen) atoms. The number of oxazole rings is 1. The molecule has 7 nitrogen and oxygen atoms in total. The van der Waals surface area contributed by atoms with E-state index in [-0.39, 0.29) is 6.10 Å². The predicted molar refractivity (Wildman–Crippen MR) is 114 cm³/mol. The molecule has 0 amide bonds. The Balaban J connectivity index is 1.56. The monoisotopic (exact) mass is 399 g/mol. The fourth-order valence-electron chi connectivity index (χ4n) is 3.42. The average Bonchev–Trinajstić information content (AvgIpc) is 3.04. The Hall–Kier alpha value is -2.57. The van der Waals surface area contributed by atoms with Crippen molar-refractivity contribution in [3.63, 3.8) is 0 Å². The molecular weight excluding hydrogens is 366 g/mol. The van der Waals surface area contributed by atoms with Crippen molar-refractivity contribution in [2.45, 2.75) is 72.6 Å². The van der Waals surface area contributed by atoms with E-state index in [1.54, 1.807) is 6.20 Å². The lowest BCUT2D eigenvalue weighted by Gasteiger charge is -2.26. The molecule has 0 radical (unpaired) electrons. The van der Waals surface area contributed by atoms with E-state index in [2.05, 4.69) is 32.5 Å². The molecule has 2 N–H and O–H groups in total. The Morgan fingerprint density at radius 1 is 1.24 bits per heavy atom. The molecule has 1 fully saturated rings. The van der Waals surface area contributed by atoms with Gasteiger partial charge in [0.1, 0.15) is 11.9 Å².